The minimum atomic E-state index is -6.35. The monoisotopic (exact) mass is 872 g/mol. The van der Waals surface area contributed by atoms with E-state index in [2.05, 4.69) is 0 Å². The molecule has 0 aromatic heterocycles. The Morgan fingerprint density at radius 1 is 0.508 bits per heavy atom. The number of nitrogens with zero attached hydrogens (tertiary/aromatic N) is 2. The Kier molecular flexibility index (Phi) is 8.98. The summed E-state index contributed by atoms with van der Waals surface area (Å²) in [7, 11) is 0. The molecule has 0 bridgehead atoms. The first-order valence-electron chi connectivity index (χ1n) is 17.8. The Morgan fingerprint density at radius 2 is 0.885 bits per heavy atom. The van der Waals surface area contributed by atoms with Gasteiger partial charge in [0.05, 0.1) is 27.9 Å². The van der Waals surface area contributed by atoms with Crippen molar-refractivity contribution < 1.29 is 81.7 Å². The number of carbonyl (C=O) groups excluding carboxylic acids is 4. The minimum absolute atomic E-state index is 0.0178. The predicted octanol–water partition coefficient (Wildman–Crippen LogP) is 10.0. The van der Waals surface area contributed by atoms with Crippen molar-refractivity contribution in [2.75, 3.05) is 4.90 Å². The highest BCUT2D eigenvalue weighted by Gasteiger charge is 2.74. The maximum absolute atomic E-state index is 15.3. The molecule has 1 N–H and O–H groups in total. The van der Waals surface area contributed by atoms with Crippen LogP contribution in [0.1, 0.15) is 104 Å². The van der Waals surface area contributed by atoms with Crippen molar-refractivity contribution in [3.05, 3.63) is 123 Å². The second-order valence-corrected chi connectivity index (χ2v) is 16.1. The standard InChI is InChI=1S/C41H28F12N2O6/c1-34(2,3)55-32(59)23-11-7-19(15-25(23)33(55)60)36(38(42,43)44,39(45,46)47)18-6-10-22-24(14-18)31(58)54(30(22)57)27-17-21(8-12-28(27)56)37(40(48,49)50,41(51,52)53)20-9-13-29-26(16-20)35(4,5)61-29/h6-17,56H,1-5H3. The number of anilines is 1. The second-order valence-electron chi connectivity index (χ2n) is 16.1. The number of phenolic OH excluding ortho intramolecular Hbond substituents is 1. The number of aromatic hydroxyl groups is 1. The van der Waals surface area contributed by atoms with Gasteiger partial charge in [-0.3, -0.25) is 24.1 Å². The van der Waals surface area contributed by atoms with Crippen molar-refractivity contribution in [2.45, 2.75) is 81.3 Å². The Balaban J connectivity index is 1.39. The molecular weight excluding hydrogens is 844 g/mol. The van der Waals surface area contributed by atoms with Gasteiger partial charge < -0.3 is 9.84 Å². The van der Waals surface area contributed by atoms with Gasteiger partial charge in [0.1, 0.15) is 17.1 Å². The molecule has 0 spiro atoms. The lowest BCUT2D eigenvalue weighted by atomic mass is 9.71. The molecule has 0 unspecified atom stereocenters. The first-order valence-corrected chi connectivity index (χ1v) is 17.8. The molecule has 0 radical (unpaired) electrons. The zero-order valence-corrected chi connectivity index (χ0v) is 31.8. The molecule has 20 heteroatoms. The molecule has 4 amide bonds. The van der Waals surface area contributed by atoms with E-state index in [0.29, 0.717) is 41.3 Å². The van der Waals surface area contributed by atoms with Crippen molar-refractivity contribution in [2.24, 2.45) is 0 Å². The van der Waals surface area contributed by atoms with Crippen LogP contribution in [0.3, 0.4) is 0 Å². The van der Waals surface area contributed by atoms with Crippen LogP contribution in [0, 0.1) is 0 Å². The number of halogens is 12. The molecule has 3 aliphatic rings. The zero-order valence-electron chi connectivity index (χ0n) is 31.8. The highest BCUT2D eigenvalue weighted by Crippen LogP contribution is 2.60. The summed E-state index contributed by atoms with van der Waals surface area (Å²) in [5.74, 6) is -6.97. The highest BCUT2D eigenvalue weighted by molar-refractivity contribution is 6.35. The lowest BCUT2D eigenvalue weighted by Gasteiger charge is -2.42. The maximum Gasteiger partial charge on any atom is 0.411 e. The van der Waals surface area contributed by atoms with Gasteiger partial charge in [0.15, 0.2) is 0 Å². The second kappa shape index (κ2) is 12.7. The van der Waals surface area contributed by atoms with E-state index < -0.39 is 126 Å². The normalized spacial score (nSPS) is 17.0. The fourth-order valence-corrected chi connectivity index (χ4v) is 8.28. The van der Waals surface area contributed by atoms with Crippen LogP contribution in [0.5, 0.6) is 11.5 Å². The van der Waals surface area contributed by atoms with Crippen LogP contribution in [0.15, 0.2) is 72.8 Å². The fourth-order valence-electron chi connectivity index (χ4n) is 8.28. The molecule has 7 rings (SSSR count). The van der Waals surface area contributed by atoms with Gasteiger partial charge in [-0.05, 0) is 105 Å². The number of imide groups is 2. The lowest BCUT2D eigenvalue weighted by Crippen LogP contribution is -2.55. The summed E-state index contributed by atoms with van der Waals surface area (Å²) in [4.78, 5) is 54.3. The summed E-state index contributed by atoms with van der Waals surface area (Å²) >= 11 is 0. The Hall–Kier alpha value is -6.08. The number of phenols is 1. The summed E-state index contributed by atoms with van der Waals surface area (Å²) < 4.78 is 188. The molecule has 0 fully saturated rings. The molecule has 4 aromatic rings. The summed E-state index contributed by atoms with van der Waals surface area (Å²) in [5.41, 5.74) is -23.9. The number of hydrogen-bond acceptors (Lipinski definition) is 6. The number of carbonyl (C=O) groups is 4. The molecule has 4 aromatic carbocycles. The summed E-state index contributed by atoms with van der Waals surface area (Å²) in [6, 6.07) is 4.25. The maximum atomic E-state index is 15.3. The van der Waals surface area contributed by atoms with Gasteiger partial charge >= 0.3 is 24.7 Å². The average molecular weight is 873 g/mol. The number of amides is 4. The molecule has 0 atom stereocenters. The summed E-state index contributed by atoms with van der Waals surface area (Å²) in [5, 5.41) is 10.8. The number of fused-ring (bicyclic) bond motifs is 3. The Morgan fingerprint density at radius 3 is 1.34 bits per heavy atom. The van der Waals surface area contributed by atoms with Crippen molar-refractivity contribution in [1.29, 1.82) is 0 Å². The number of rotatable bonds is 5. The quantitative estimate of drug-likeness (QED) is 0.158. The number of alkyl halides is 12. The van der Waals surface area contributed by atoms with Crippen molar-refractivity contribution in [1.82, 2.24) is 4.90 Å². The Labute approximate surface area is 336 Å². The van der Waals surface area contributed by atoms with E-state index in [1.54, 1.807) is 0 Å². The molecule has 61 heavy (non-hydrogen) atoms. The zero-order chi connectivity index (χ0) is 45.6. The molecule has 0 saturated carbocycles. The van der Waals surface area contributed by atoms with E-state index in [4.69, 9.17) is 4.74 Å². The minimum Gasteiger partial charge on any atom is -0.506 e. The lowest BCUT2D eigenvalue weighted by molar-refractivity contribution is -0.290. The van der Waals surface area contributed by atoms with Crippen LogP contribution < -0.4 is 9.64 Å². The van der Waals surface area contributed by atoms with Gasteiger partial charge in [0, 0.05) is 11.1 Å². The predicted molar refractivity (Wildman–Crippen MR) is 188 cm³/mol. The third kappa shape index (κ3) is 5.76. The number of hydrogen-bond donors (Lipinski definition) is 1. The van der Waals surface area contributed by atoms with Gasteiger partial charge in [0.2, 0.25) is 10.8 Å². The molecule has 0 aliphatic carbocycles. The van der Waals surface area contributed by atoms with Gasteiger partial charge in [-0.15, -0.1) is 0 Å². The molecule has 8 nitrogen and oxygen atoms in total. The number of ether oxygens (including phenoxy) is 1. The van der Waals surface area contributed by atoms with Crippen molar-refractivity contribution in [3.8, 4) is 11.5 Å². The largest absolute Gasteiger partial charge is 0.506 e. The van der Waals surface area contributed by atoms with E-state index >= 15 is 52.7 Å². The summed E-state index contributed by atoms with van der Waals surface area (Å²) in [6.45, 7) is 6.91. The van der Waals surface area contributed by atoms with Gasteiger partial charge in [-0.2, -0.15) is 52.7 Å². The number of benzene rings is 4. The van der Waals surface area contributed by atoms with E-state index in [1.807, 2.05) is 0 Å². The van der Waals surface area contributed by atoms with Crippen LogP contribution in [0.25, 0.3) is 0 Å². The van der Waals surface area contributed by atoms with Crippen LogP contribution in [0.2, 0.25) is 0 Å². The van der Waals surface area contributed by atoms with Crippen molar-refractivity contribution >= 4 is 29.3 Å². The molecule has 0 saturated heterocycles. The smallest absolute Gasteiger partial charge is 0.411 e. The van der Waals surface area contributed by atoms with Crippen LogP contribution in [-0.4, -0.2) is 63.9 Å². The fraction of sp³-hybridized carbons (Fsp3) is 0.317. The van der Waals surface area contributed by atoms with Crippen LogP contribution >= 0.6 is 0 Å². The van der Waals surface area contributed by atoms with E-state index in [0.717, 1.165) is 6.07 Å². The Bertz CT molecular complexity index is 2570. The molecular formula is C41H28F12N2O6. The van der Waals surface area contributed by atoms with Gasteiger partial charge in [-0.1, -0.05) is 24.3 Å². The van der Waals surface area contributed by atoms with Gasteiger partial charge in [-0.25, -0.2) is 4.90 Å². The van der Waals surface area contributed by atoms with E-state index in [-0.39, 0.29) is 46.5 Å². The van der Waals surface area contributed by atoms with Crippen LogP contribution in [0.4, 0.5) is 58.4 Å². The third-order valence-corrected chi connectivity index (χ3v) is 11.1. The average Bonchev–Trinajstić information content (AvgIpc) is 3.50. The van der Waals surface area contributed by atoms with E-state index in [9.17, 15) is 24.3 Å². The SMILES string of the molecule is CC1(C)Oc2ccc(C(c3ccc(O)c(N4C(=O)c5ccc(C(c6ccc7c(c6)C(=O)N(C(C)(C)C)C7=O)(C(F)(F)F)C(F)(F)F)cc5C4=O)c3)(C(F)(F)F)C(F)(F)F)cc21. The van der Waals surface area contributed by atoms with Crippen molar-refractivity contribution in [3.63, 3.8) is 0 Å². The highest BCUT2D eigenvalue weighted by atomic mass is 19.4. The first kappa shape index (κ1) is 43.0. The molecule has 322 valence electrons. The van der Waals surface area contributed by atoms with Crippen LogP contribution in [-0.2, 0) is 16.4 Å². The van der Waals surface area contributed by atoms with Gasteiger partial charge in [0.25, 0.3) is 23.6 Å². The molecule has 3 aliphatic heterocycles. The first-order chi connectivity index (χ1) is 27.7. The molecule has 3 heterocycles. The topological polar surface area (TPSA) is 104 Å². The third-order valence-electron chi connectivity index (χ3n) is 11.1. The summed E-state index contributed by atoms with van der Waals surface area (Å²) in [6.07, 6.45) is -25.1. The van der Waals surface area contributed by atoms with E-state index in [1.165, 1.54) is 34.6 Å².